The van der Waals surface area contributed by atoms with E-state index < -0.39 is 0 Å². The van der Waals surface area contributed by atoms with Crippen LogP contribution < -0.4 is 0 Å². The van der Waals surface area contributed by atoms with Gasteiger partial charge in [0.05, 0.1) is 0 Å². The third kappa shape index (κ3) is 4.38. The largest absolute Gasteiger partial charge is 0.375 e. The molecule has 1 rings (SSSR count). The topological polar surface area (TPSA) is 20.3 Å². The van der Waals surface area contributed by atoms with Crippen LogP contribution in [0.5, 0.6) is 0 Å². The van der Waals surface area contributed by atoms with Gasteiger partial charge in [-0.3, -0.25) is 4.79 Å². The normalized spacial score (nSPS) is 16.1. The maximum atomic E-state index is 11.4. The number of unbranched alkanes of at least 4 members (excludes halogenated alkanes) is 2. The van der Waals surface area contributed by atoms with Gasteiger partial charge in [-0.15, -0.1) is 0 Å². The lowest BCUT2D eigenvalue weighted by molar-refractivity contribution is -0.115. The van der Waals surface area contributed by atoms with Crippen molar-refractivity contribution in [3.63, 3.8) is 0 Å². The maximum absolute atomic E-state index is 11.4. The van der Waals surface area contributed by atoms with Gasteiger partial charge in [-0.2, -0.15) is 0 Å². The Balaban J connectivity index is 2.55. The van der Waals surface area contributed by atoms with Crippen LogP contribution in [0.2, 0.25) is 0 Å². The minimum Gasteiger partial charge on any atom is -0.375 e. The Labute approximate surface area is 99.7 Å². The molecule has 1 aliphatic carbocycles. The van der Waals surface area contributed by atoms with E-state index in [0.29, 0.717) is 5.78 Å². The van der Waals surface area contributed by atoms with Crippen molar-refractivity contribution in [2.24, 2.45) is 0 Å². The number of allylic oxidation sites excluding steroid dienone is 2. The number of hydrogen-bond acceptors (Lipinski definition) is 2. The quantitative estimate of drug-likeness (QED) is 0.658. The van der Waals surface area contributed by atoms with Crippen molar-refractivity contribution in [2.45, 2.75) is 58.8 Å². The molecular weight excluding hydrogens is 198 g/mol. The predicted octanol–water partition coefficient (Wildman–Crippen LogP) is 3.53. The molecule has 0 unspecified atom stereocenters. The first-order valence-corrected chi connectivity index (χ1v) is 6.76. The van der Waals surface area contributed by atoms with Crippen LogP contribution in [-0.2, 0) is 4.79 Å². The zero-order chi connectivity index (χ0) is 11.8. The van der Waals surface area contributed by atoms with Gasteiger partial charge >= 0.3 is 0 Å². The van der Waals surface area contributed by atoms with Crippen LogP contribution in [0.15, 0.2) is 11.8 Å². The number of rotatable bonds is 7. The smallest absolute Gasteiger partial charge is 0.157 e. The summed E-state index contributed by atoms with van der Waals surface area (Å²) < 4.78 is 0. The summed E-state index contributed by atoms with van der Waals surface area (Å²) in [5.41, 5.74) is 1.29. The molecule has 0 N–H and O–H groups in total. The Bertz CT molecular complexity index is 237. The van der Waals surface area contributed by atoms with Crippen molar-refractivity contribution in [2.75, 3.05) is 13.1 Å². The number of carbonyl (C=O) groups excluding carboxylic acids is 1. The van der Waals surface area contributed by atoms with E-state index in [0.717, 1.165) is 32.4 Å². The van der Waals surface area contributed by atoms with Crippen LogP contribution >= 0.6 is 0 Å². The Hall–Kier alpha value is -0.790. The average Bonchev–Trinajstić information content (AvgIpc) is 2.29. The Morgan fingerprint density at radius 2 is 1.75 bits per heavy atom. The number of ketones is 1. The van der Waals surface area contributed by atoms with Gasteiger partial charge in [0.1, 0.15) is 0 Å². The van der Waals surface area contributed by atoms with E-state index in [1.807, 2.05) is 6.08 Å². The van der Waals surface area contributed by atoms with E-state index in [-0.39, 0.29) is 0 Å². The highest BCUT2D eigenvalue weighted by Crippen LogP contribution is 2.20. The summed E-state index contributed by atoms with van der Waals surface area (Å²) in [6, 6.07) is 0. The van der Waals surface area contributed by atoms with E-state index in [1.54, 1.807) is 0 Å². The Morgan fingerprint density at radius 1 is 1.12 bits per heavy atom. The molecule has 1 aliphatic rings. The van der Waals surface area contributed by atoms with Gasteiger partial charge in [0, 0.05) is 31.3 Å². The zero-order valence-electron chi connectivity index (χ0n) is 10.8. The van der Waals surface area contributed by atoms with Gasteiger partial charge in [-0.1, -0.05) is 26.7 Å². The molecule has 0 aliphatic heterocycles. The average molecular weight is 223 g/mol. The third-order valence-electron chi connectivity index (χ3n) is 3.15. The van der Waals surface area contributed by atoms with Crippen molar-refractivity contribution >= 4 is 5.78 Å². The van der Waals surface area contributed by atoms with E-state index in [9.17, 15) is 4.79 Å². The molecule has 16 heavy (non-hydrogen) atoms. The monoisotopic (exact) mass is 223 g/mol. The van der Waals surface area contributed by atoms with Crippen molar-refractivity contribution in [3.05, 3.63) is 11.8 Å². The molecule has 0 saturated carbocycles. The summed E-state index contributed by atoms with van der Waals surface area (Å²) in [5.74, 6) is 0.319. The first-order chi connectivity index (χ1) is 7.77. The molecule has 0 bridgehead atoms. The van der Waals surface area contributed by atoms with Crippen molar-refractivity contribution in [1.82, 2.24) is 4.90 Å². The van der Waals surface area contributed by atoms with Gasteiger partial charge in [-0.25, -0.2) is 0 Å². The molecule has 0 spiro atoms. The highest BCUT2D eigenvalue weighted by Gasteiger charge is 2.15. The molecule has 0 aromatic carbocycles. The Morgan fingerprint density at radius 3 is 2.25 bits per heavy atom. The summed E-state index contributed by atoms with van der Waals surface area (Å²) in [7, 11) is 0. The fraction of sp³-hybridized carbons (Fsp3) is 0.786. The first kappa shape index (κ1) is 13.3. The second kappa shape index (κ2) is 7.48. The van der Waals surface area contributed by atoms with Crippen molar-refractivity contribution in [1.29, 1.82) is 0 Å². The van der Waals surface area contributed by atoms with Gasteiger partial charge in [0.25, 0.3) is 0 Å². The van der Waals surface area contributed by atoms with E-state index in [1.165, 1.54) is 31.4 Å². The second-order valence-electron chi connectivity index (χ2n) is 4.65. The van der Waals surface area contributed by atoms with Crippen LogP contribution in [0, 0.1) is 0 Å². The third-order valence-corrected chi connectivity index (χ3v) is 3.15. The van der Waals surface area contributed by atoms with Crippen molar-refractivity contribution < 1.29 is 4.79 Å². The summed E-state index contributed by atoms with van der Waals surface area (Å²) in [4.78, 5) is 13.9. The van der Waals surface area contributed by atoms with Crippen LogP contribution in [-0.4, -0.2) is 23.8 Å². The lowest BCUT2D eigenvalue weighted by atomic mass is 10.0. The van der Waals surface area contributed by atoms with Crippen LogP contribution in [0.25, 0.3) is 0 Å². The fourth-order valence-corrected chi connectivity index (χ4v) is 2.12. The fourth-order valence-electron chi connectivity index (χ4n) is 2.12. The predicted molar refractivity (Wildman–Crippen MR) is 68.3 cm³/mol. The minimum atomic E-state index is 0.319. The Kier molecular flexibility index (Phi) is 6.20. The van der Waals surface area contributed by atoms with Crippen LogP contribution in [0.1, 0.15) is 58.8 Å². The van der Waals surface area contributed by atoms with Crippen LogP contribution in [0.3, 0.4) is 0 Å². The molecule has 0 aromatic heterocycles. The molecule has 0 amide bonds. The second-order valence-corrected chi connectivity index (χ2v) is 4.65. The molecule has 0 radical (unpaired) electrons. The lowest BCUT2D eigenvalue weighted by Crippen LogP contribution is -2.27. The molecule has 0 heterocycles. The molecule has 92 valence electrons. The zero-order valence-corrected chi connectivity index (χ0v) is 10.8. The lowest BCUT2D eigenvalue weighted by Gasteiger charge is -2.29. The first-order valence-electron chi connectivity index (χ1n) is 6.76. The number of carbonyl (C=O) groups is 1. The number of nitrogens with zero attached hydrogens (tertiary/aromatic N) is 1. The van der Waals surface area contributed by atoms with E-state index in [2.05, 4.69) is 18.7 Å². The summed E-state index contributed by atoms with van der Waals surface area (Å²) in [6.07, 6.45) is 9.69. The summed E-state index contributed by atoms with van der Waals surface area (Å²) in [5, 5.41) is 0. The van der Waals surface area contributed by atoms with E-state index >= 15 is 0 Å². The molecule has 2 heteroatoms. The highest BCUT2D eigenvalue weighted by atomic mass is 16.1. The summed E-state index contributed by atoms with van der Waals surface area (Å²) in [6.45, 7) is 6.68. The number of hydrogen-bond donors (Lipinski definition) is 0. The van der Waals surface area contributed by atoms with Crippen molar-refractivity contribution in [3.8, 4) is 0 Å². The standard InChI is InChI=1S/C14H25NO/c1-3-5-10-15(11-6-4-2)13-8-7-9-14(16)12-13/h12H,3-11H2,1-2H3. The van der Waals surface area contributed by atoms with Gasteiger partial charge in [0.2, 0.25) is 0 Å². The van der Waals surface area contributed by atoms with Gasteiger partial charge in [-0.05, 0) is 25.7 Å². The molecule has 0 aromatic rings. The maximum Gasteiger partial charge on any atom is 0.157 e. The minimum absolute atomic E-state index is 0.319. The van der Waals surface area contributed by atoms with Gasteiger partial charge in [0.15, 0.2) is 5.78 Å². The summed E-state index contributed by atoms with van der Waals surface area (Å²) >= 11 is 0. The van der Waals surface area contributed by atoms with E-state index in [4.69, 9.17) is 0 Å². The molecule has 0 atom stereocenters. The highest BCUT2D eigenvalue weighted by molar-refractivity contribution is 5.91. The molecule has 2 nitrogen and oxygen atoms in total. The SMILES string of the molecule is CCCCN(CCCC)C1=CC(=O)CCC1. The van der Waals surface area contributed by atoms with Crippen LogP contribution in [0.4, 0.5) is 0 Å². The molecular formula is C14H25NO. The van der Waals surface area contributed by atoms with Gasteiger partial charge < -0.3 is 4.90 Å². The molecule has 0 saturated heterocycles. The molecule has 0 fully saturated rings.